The van der Waals surface area contributed by atoms with Crippen LogP contribution in [-0.2, 0) is 0 Å². The zero-order valence-electron chi connectivity index (χ0n) is 15.3. The van der Waals surface area contributed by atoms with Crippen LogP contribution in [0.25, 0.3) is 5.13 Å². The van der Waals surface area contributed by atoms with Gasteiger partial charge >= 0.3 is 0 Å². The van der Waals surface area contributed by atoms with Crippen LogP contribution in [0.15, 0.2) is 35.2 Å². The summed E-state index contributed by atoms with van der Waals surface area (Å²) in [7, 11) is 0. The Morgan fingerprint density at radius 3 is 2.90 bits per heavy atom. The van der Waals surface area contributed by atoms with Gasteiger partial charge < -0.3 is 10.1 Å². The molecule has 1 aliphatic carbocycles. The lowest BCUT2D eigenvalue weighted by molar-refractivity contribution is 0.0937. The average molecular weight is 528 g/mol. The number of amides is 1. The van der Waals surface area contributed by atoms with E-state index in [1.807, 2.05) is 6.07 Å². The van der Waals surface area contributed by atoms with Gasteiger partial charge in [-0.15, -0.1) is 0 Å². The topological polar surface area (TPSA) is 106 Å². The SMILES string of the molecule is C[C@H](NC(=O)c1cc(Br)cc(OC2CC2(Cl)Cl)c1)c1ncnn1-c1ncc(C#N)s1. The highest BCUT2D eigenvalue weighted by Gasteiger charge is 2.54. The second kappa shape index (κ2) is 8.15. The third-order valence-electron chi connectivity index (χ3n) is 4.27. The van der Waals surface area contributed by atoms with Crippen molar-refractivity contribution < 1.29 is 9.53 Å². The van der Waals surface area contributed by atoms with Crippen molar-refractivity contribution in [2.24, 2.45) is 0 Å². The number of carbonyl (C=O) groups is 1. The number of nitrogens with zero attached hydrogens (tertiary/aromatic N) is 5. The maximum atomic E-state index is 12.8. The standard InChI is InChI=1S/C18H13BrCl2N6O2S/c1-9(15-24-8-25-27(15)17-23-7-13(6-22)30-17)26-16(28)10-2-11(19)4-12(3-10)29-14-5-18(14,20)21/h2-4,7-9,14H,5H2,1H3,(H,26,28)/t9-,14?/m0/s1. The molecular weight excluding hydrogens is 515 g/mol. The van der Waals surface area contributed by atoms with E-state index in [1.165, 1.54) is 28.5 Å². The fourth-order valence-corrected chi connectivity index (χ4v) is 4.22. The van der Waals surface area contributed by atoms with Gasteiger partial charge in [0.2, 0.25) is 5.13 Å². The summed E-state index contributed by atoms with van der Waals surface area (Å²) in [4.78, 5) is 21.7. The first-order valence-corrected chi connectivity index (χ1v) is 11.1. The predicted molar refractivity (Wildman–Crippen MR) is 115 cm³/mol. The van der Waals surface area contributed by atoms with Crippen molar-refractivity contribution in [1.82, 2.24) is 25.1 Å². The fourth-order valence-electron chi connectivity index (χ4n) is 2.69. The number of alkyl halides is 2. The second-order valence-corrected chi connectivity index (χ2v) is 10.1. The van der Waals surface area contributed by atoms with Crippen molar-refractivity contribution in [1.29, 1.82) is 5.26 Å². The zero-order chi connectivity index (χ0) is 21.5. The van der Waals surface area contributed by atoms with Gasteiger partial charge in [-0.2, -0.15) is 15.0 Å². The maximum absolute atomic E-state index is 12.8. The van der Waals surface area contributed by atoms with Gasteiger partial charge in [0, 0.05) is 16.5 Å². The monoisotopic (exact) mass is 526 g/mol. The number of hydrogen-bond acceptors (Lipinski definition) is 7. The van der Waals surface area contributed by atoms with Crippen molar-refractivity contribution in [3.63, 3.8) is 0 Å². The number of carbonyl (C=O) groups excluding carboxylic acids is 1. The third kappa shape index (κ3) is 4.44. The van der Waals surface area contributed by atoms with Gasteiger partial charge in [0.05, 0.1) is 12.2 Å². The van der Waals surface area contributed by atoms with E-state index < -0.39 is 10.4 Å². The summed E-state index contributed by atoms with van der Waals surface area (Å²) in [6.45, 7) is 1.78. The minimum Gasteiger partial charge on any atom is -0.487 e. The summed E-state index contributed by atoms with van der Waals surface area (Å²) in [6, 6.07) is 6.62. The molecule has 1 N–H and O–H groups in total. The lowest BCUT2D eigenvalue weighted by Gasteiger charge is -2.15. The van der Waals surface area contributed by atoms with Gasteiger partial charge in [0.1, 0.15) is 29.1 Å². The molecule has 30 heavy (non-hydrogen) atoms. The molecule has 4 rings (SSSR count). The Labute approximate surface area is 193 Å². The Morgan fingerprint density at radius 2 is 2.23 bits per heavy atom. The number of halogens is 3. The molecular formula is C18H13BrCl2N6O2S. The van der Waals surface area contributed by atoms with Crippen molar-refractivity contribution in [2.75, 3.05) is 0 Å². The third-order valence-corrected chi connectivity index (χ3v) is 6.40. The van der Waals surface area contributed by atoms with Crippen molar-refractivity contribution in [3.05, 3.63) is 51.5 Å². The summed E-state index contributed by atoms with van der Waals surface area (Å²) < 4.78 is 7.04. The lowest BCUT2D eigenvalue weighted by Crippen LogP contribution is -2.28. The van der Waals surface area contributed by atoms with E-state index >= 15 is 0 Å². The number of ether oxygens (including phenoxy) is 1. The van der Waals surface area contributed by atoms with Crippen LogP contribution >= 0.6 is 50.5 Å². The van der Waals surface area contributed by atoms with Gasteiger partial charge in [-0.3, -0.25) is 4.79 Å². The van der Waals surface area contributed by atoms with Crippen LogP contribution in [-0.4, -0.2) is 36.1 Å². The molecule has 1 amide bonds. The minimum absolute atomic E-state index is 0.305. The summed E-state index contributed by atoms with van der Waals surface area (Å²) in [5.41, 5.74) is 0.397. The highest BCUT2D eigenvalue weighted by molar-refractivity contribution is 9.10. The molecule has 2 aromatic heterocycles. The molecule has 1 aromatic carbocycles. The summed E-state index contributed by atoms with van der Waals surface area (Å²) in [5, 5.41) is 16.5. The molecule has 154 valence electrons. The Morgan fingerprint density at radius 1 is 1.47 bits per heavy atom. The molecule has 1 fully saturated rings. The number of thiazole rings is 1. The summed E-state index contributed by atoms with van der Waals surface area (Å²) >= 11 is 16.6. The molecule has 2 heterocycles. The van der Waals surface area contributed by atoms with Gasteiger partial charge in [0.25, 0.3) is 5.91 Å². The molecule has 0 radical (unpaired) electrons. The molecule has 1 unspecified atom stereocenters. The van der Waals surface area contributed by atoms with E-state index in [-0.39, 0.29) is 12.0 Å². The van der Waals surface area contributed by atoms with Gasteiger partial charge in [-0.25, -0.2) is 9.97 Å². The van der Waals surface area contributed by atoms with Crippen molar-refractivity contribution in [2.45, 2.75) is 29.8 Å². The number of benzene rings is 1. The summed E-state index contributed by atoms with van der Waals surface area (Å²) in [5.74, 6) is 0.657. The van der Waals surface area contributed by atoms with Gasteiger partial charge in [0.15, 0.2) is 10.2 Å². The molecule has 0 saturated heterocycles. The average Bonchev–Trinajstić information content (AvgIpc) is 3.13. The zero-order valence-corrected chi connectivity index (χ0v) is 19.3. The second-order valence-electron chi connectivity index (χ2n) is 6.59. The smallest absolute Gasteiger partial charge is 0.252 e. The minimum atomic E-state index is -0.884. The summed E-state index contributed by atoms with van der Waals surface area (Å²) in [6.07, 6.45) is 3.06. The normalized spacial score (nSPS) is 17.8. The molecule has 1 aliphatic rings. The van der Waals surface area contributed by atoms with Crippen LogP contribution < -0.4 is 10.1 Å². The van der Waals surface area contributed by atoms with E-state index in [0.717, 1.165) is 0 Å². The van der Waals surface area contributed by atoms with Crippen LogP contribution in [0.2, 0.25) is 0 Å². The number of nitrogens with one attached hydrogen (secondary N) is 1. The highest BCUT2D eigenvalue weighted by Crippen LogP contribution is 2.49. The molecule has 2 atom stereocenters. The number of nitriles is 1. The van der Waals surface area contributed by atoms with E-state index in [1.54, 1.807) is 25.1 Å². The van der Waals surface area contributed by atoms with Crippen molar-refractivity contribution >= 4 is 56.4 Å². The molecule has 8 nitrogen and oxygen atoms in total. The van der Waals surface area contributed by atoms with Crippen LogP contribution in [0.1, 0.15) is 40.4 Å². The first kappa shape index (κ1) is 21.1. The van der Waals surface area contributed by atoms with E-state index in [4.69, 9.17) is 33.2 Å². The largest absolute Gasteiger partial charge is 0.487 e. The number of aromatic nitrogens is 4. The molecule has 1 saturated carbocycles. The molecule has 3 aromatic rings. The van der Waals surface area contributed by atoms with Crippen LogP contribution in [0.4, 0.5) is 0 Å². The first-order valence-electron chi connectivity index (χ1n) is 8.69. The lowest BCUT2D eigenvalue weighted by atomic mass is 10.2. The van der Waals surface area contributed by atoms with E-state index in [2.05, 4.69) is 36.3 Å². The molecule has 0 spiro atoms. The van der Waals surface area contributed by atoms with Crippen LogP contribution in [0.3, 0.4) is 0 Å². The van der Waals surface area contributed by atoms with Crippen LogP contribution in [0.5, 0.6) is 5.75 Å². The maximum Gasteiger partial charge on any atom is 0.252 e. The Kier molecular flexibility index (Phi) is 5.72. The van der Waals surface area contributed by atoms with E-state index in [0.29, 0.717) is 38.0 Å². The Hall–Kier alpha value is -2.19. The predicted octanol–water partition coefficient (Wildman–Crippen LogP) is 4.17. The fraction of sp³-hybridized carbons (Fsp3) is 0.278. The number of hydrogen-bond donors (Lipinski definition) is 1. The molecule has 0 bridgehead atoms. The highest BCUT2D eigenvalue weighted by atomic mass is 79.9. The number of rotatable bonds is 6. The van der Waals surface area contributed by atoms with Gasteiger partial charge in [-0.05, 0) is 25.1 Å². The molecule has 0 aliphatic heterocycles. The van der Waals surface area contributed by atoms with Crippen LogP contribution in [0, 0.1) is 11.3 Å². The van der Waals surface area contributed by atoms with E-state index in [9.17, 15) is 4.79 Å². The van der Waals surface area contributed by atoms with Crippen molar-refractivity contribution in [3.8, 4) is 17.0 Å². The molecule has 12 heteroatoms. The van der Waals surface area contributed by atoms with Gasteiger partial charge in [-0.1, -0.05) is 50.5 Å². The quantitative estimate of drug-likeness (QED) is 0.482. The Balaban J connectivity index is 1.50. The first-order chi connectivity index (χ1) is 14.3. The Bertz CT molecular complexity index is 1160.